The van der Waals surface area contributed by atoms with E-state index in [1.54, 1.807) is 25.1 Å². The highest BCUT2D eigenvalue weighted by Gasteiger charge is 2.19. The second-order valence-corrected chi connectivity index (χ2v) is 5.40. The second-order valence-electron chi connectivity index (χ2n) is 4.99. The molecule has 23 heavy (non-hydrogen) atoms. The first-order valence-corrected chi connectivity index (χ1v) is 7.39. The Balaban J connectivity index is 2.62. The number of nitrogens with zero attached hydrogens (tertiary/aromatic N) is 3. The van der Waals surface area contributed by atoms with Crippen LogP contribution in [-0.4, -0.2) is 20.8 Å². The number of carboxylic acid groups (broad SMARTS) is 1. The van der Waals surface area contributed by atoms with Crippen molar-refractivity contribution in [2.45, 2.75) is 32.4 Å². The summed E-state index contributed by atoms with van der Waals surface area (Å²) in [5.74, 6) is 0.296. The Morgan fingerprint density at radius 1 is 1.57 bits per heavy atom. The second kappa shape index (κ2) is 7.11. The molecule has 1 amide bonds. The number of halogens is 1. The van der Waals surface area contributed by atoms with Crippen molar-refractivity contribution in [1.82, 2.24) is 14.9 Å². The monoisotopic (exact) mass is 334 g/mol. The first-order valence-electron chi connectivity index (χ1n) is 7.01. The van der Waals surface area contributed by atoms with Gasteiger partial charge in [0.2, 0.25) is 0 Å². The molecule has 8 heteroatoms. The molecule has 0 bridgehead atoms. The first kappa shape index (κ1) is 16.8. The molecule has 2 rings (SSSR count). The average Bonchev–Trinajstić information content (AvgIpc) is 2.48. The molecule has 0 aliphatic rings. The zero-order valence-electron chi connectivity index (χ0n) is 12.4. The van der Waals surface area contributed by atoms with Crippen LogP contribution in [0.25, 0.3) is 10.9 Å². The van der Waals surface area contributed by atoms with Gasteiger partial charge in [0.1, 0.15) is 5.82 Å². The van der Waals surface area contributed by atoms with Crippen molar-refractivity contribution in [3.05, 3.63) is 39.4 Å². The minimum absolute atomic E-state index is 0.265. The van der Waals surface area contributed by atoms with Crippen LogP contribution in [0.1, 0.15) is 31.6 Å². The van der Waals surface area contributed by atoms with E-state index in [1.165, 1.54) is 4.57 Å². The minimum Gasteiger partial charge on any atom is -0.465 e. The number of carbonyl (C=O) groups is 1. The van der Waals surface area contributed by atoms with Gasteiger partial charge in [-0.05, 0) is 25.5 Å². The summed E-state index contributed by atoms with van der Waals surface area (Å²) in [6.45, 7) is 1.87. The number of fused-ring (bicyclic) bond motifs is 1. The molecular formula is C15H15ClN4O3. The molecule has 0 radical (unpaired) electrons. The topological polar surface area (TPSA) is 108 Å². The predicted molar refractivity (Wildman–Crippen MR) is 85.4 cm³/mol. The molecule has 7 nitrogen and oxygen atoms in total. The molecule has 1 heterocycles. The normalized spacial score (nSPS) is 11.9. The zero-order valence-corrected chi connectivity index (χ0v) is 13.2. The molecule has 0 saturated heterocycles. The SMILES string of the molecule is CC(NC(=O)O)c1nc2cccc(Cl)c2c(=O)n1CCCC#N. The summed E-state index contributed by atoms with van der Waals surface area (Å²) in [5, 5.41) is 20.4. The molecule has 1 aromatic carbocycles. The summed E-state index contributed by atoms with van der Waals surface area (Å²) in [4.78, 5) is 28.0. The molecule has 2 aromatic rings. The van der Waals surface area contributed by atoms with Gasteiger partial charge < -0.3 is 10.4 Å². The molecule has 120 valence electrons. The highest BCUT2D eigenvalue weighted by Crippen LogP contribution is 2.21. The summed E-state index contributed by atoms with van der Waals surface area (Å²) < 4.78 is 1.38. The maximum Gasteiger partial charge on any atom is 0.405 e. The number of nitriles is 1. The average molecular weight is 335 g/mol. The Kier molecular flexibility index (Phi) is 5.19. The highest BCUT2D eigenvalue weighted by atomic mass is 35.5. The third-order valence-corrected chi connectivity index (χ3v) is 3.67. The van der Waals surface area contributed by atoms with Crippen molar-refractivity contribution >= 4 is 28.6 Å². The molecule has 0 aliphatic heterocycles. The fourth-order valence-corrected chi connectivity index (χ4v) is 2.60. The zero-order chi connectivity index (χ0) is 17.0. The number of hydrogen-bond acceptors (Lipinski definition) is 4. The predicted octanol–water partition coefficient (Wildman–Crippen LogP) is 2.68. The Hall–Kier alpha value is -2.59. The smallest absolute Gasteiger partial charge is 0.405 e. The van der Waals surface area contributed by atoms with Crippen LogP contribution in [0.4, 0.5) is 4.79 Å². The number of aromatic nitrogens is 2. The fraction of sp³-hybridized carbons (Fsp3) is 0.333. The van der Waals surface area contributed by atoms with Gasteiger partial charge in [0.25, 0.3) is 5.56 Å². The Labute approximate surface area is 137 Å². The van der Waals surface area contributed by atoms with Crippen LogP contribution in [0.3, 0.4) is 0 Å². The van der Waals surface area contributed by atoms with Gasteiger partial charge >= 0.3 is 6.09 Å². The molecule has 0 fully saturated rings. The quantitative estimate of drug-likeness (QED) is 0.817. The third kappa shape index (κ3) is 3.60. The Morgan fingerprint density at radius 3 is 2.96 bits per heavy atom. The van der Waals surface area contributed by atoms with Crippen molar-refractivity contribution in [1.29, 1.82) is 5.26 Å². The van der Waals surface area contributed by atoms with Crippen molar-refractivity contribution in [2.24, 2.45) is 0 Å². The molecule has 1 aromatic heterocycles. The number of nitrogens with one attached hydrogen (secondary N) is 1. The van der Waals surface area contributed by atoms with Gasteiger partial charge in [0.15, 0.2) is 0 Å². The van der Waals surface area contributed by atoms with E-state index in [0.29, 0.717) is 22.8 Å². The highest BCUT2D eigenvalue weighted by molar-refractivity contribution is 6.35. The maximum atomic E-state index is 12.7. The van der Waals surface area contributed by atoms with E-state index in [4.69, 9.17) is 22.0 Å². The number of benzene rings is 1. The van der Waals surface area contributed by atoms with Crippen LogP contribution >= 0.6 is 11.6 Å². The lowest BCUT2D eigenvalue weighted by atomic mass is 10.2. The maximum absolute atomic E-state index is 12.7. The lowest BCUT2D eigenvalue weighted by Crippen LogP contribution is -2.33. The van der Waals surface area contributed by atoms with E-state index < -0.39 is 12.1 Å². The van der Waals surface area contributed by atoms with E-state index in [-0.39, 0.29) is 23.9 Å². The molecule has 1 unspecified atom stereocenters. The van der Waals surface area contributed by atoms with Gasteiger partial charge in [-0.3, -0.25) is 9.36 Å². The van der Waals surface area contributed by atoms with Gasteiger partial charge in [-0.15, -0.1) is 0 Å². The van der Waals surface area contributed by atoms with E-state index in [2.05, 4.69) is 10.3 Å². The number of hydrogen-bond donors (Lipinski definition) is 2. The summed E-state index contributed by atoms with van der Waals surface area (Å²) >= 11 is 6.10. The number of rotatable bonds is 5. The molecule has 0 spiro atoms. The van der Waals surface area contributed by atoms with Crippen LogP contribution < -0.4 is 10.9 Å². The summed E-state index contributed by atoms with van der Waals surface area (Å²) in [5.41, 5.74) is 0.0700. The largest absolute Gasteiger partial charge is 0.465 e. The molecular weight excluding hydrogens is 320 g/mol. The van der Waals surface area contributed by atoms with E-state index >= 15 is 0 Å². The summed E-state index contributed by atoms with van der Waals surface area (Å²) in [6, 6.07) is 6.27. The lowest BCUT2D eigenvalue weighted by molar-refractivity contribution is 0.190. The molecule has 2 N–H and O–H groups in total. The van der Waals surface area contributed by atoms with Crippen LogP contribution in [0.15, 0.2) is 23.0 Å². The summed E-state index contributed by atoms with van der Waals surface area (Å²) in [6.07, 6.45) is -0.463. The fourth-order valence-electron chi connectivity index (χ4n) is 2.35. The molecule has 0 aliphatic carbocycles. The van der Waals surface area contributed by atoms with Gasteiger partial charge in [-0.1, -0.05) is 17.7 Å². The first-order chi connectivity index (χ1) is 11.0. The molecule has 0 saturated carbocycles. The van der Waals surface area contributed by atoms with Crippen LogP contribution in [0.5, 0.6) is 0 Å². The van der Waals surface area contributed by atoms with Crippen molar-refractivity contribution < 1.29 is 9.90 Å². The minimum atomic E-state index is -1.21. The van der Waals surface area contributed by atoms with E-state index in [9.17, 15) is 9.59 Å². The lowest BCUT2D eigenvalue weighted by Gasteiger charge is -2.18. The van der Waals surface area contributed by atoms with Crippen molar-refractivity contribution in [3.8, 4) is 6.07 Å². The molecule has 1 atom stereocenters. The number of amides is 1. The van der Waals surface area contributed by atoms with Crippen LogP contribution in [0.2, 0.25) is 5.02 Å². The van der Waals surface area contributed by atoms with Crippen LogP contribution in [-0.2, 0) is 6.54 Å². The Morgan fingerprint density at radius 2 is 2.30 bits per heavy atom. The number of unbranched alkanes of at least 4 members (excludes halogenated alkanes) is 1. The van der Waals surface area contributed by atoms with E-state index in [0.717, 1.165) is 0 Å². The van der Waals surface area contributed by atoms with Crippen molar-refractivity contribution in [2.75, 3.05) is 0 Å². The van der Waals surface area contributed by atoms with Gasteiger partial charge in [0, 0.05) is 13.0 Å². The van der Waals surface area contributed by atoms with Crippen LogP contribution in [0, 0.1) is 11.3 Å². The van der Waals surface area contributed by atoms with Gasteiger partial charge in [0.05, 0.1) is 28.0 Å². The standard InChI is InChI=1S/C15H15ClN4O3/c1-9(18-15(22)23)13-19-11-6-4-5-10(16)12(11)14(21)20(13)8-3-2-7-17/h4-6,9,18H,2-3,8H2,1H3,(H,22,23). The van der Waals surface area contributed by atoms with E-state index in [1.807, 2.05) is 6.07 Å². The third-order valence-electron chi connectivity index (χ3n) is 3.36. The van der Waals surface area contributed by atoms with Crippen molar-refractivity contribution in [3.63, 3.8) is 0 Å². The van der Waals surface area contributed by atoms with Gasteiger partial charge in [-0.2, -0.15) is 5.26 Å². The summed E-state index contributed by atoms with van der Waals surface area (Å²) in [7, 11) is 0. The van der Waals surface area contributed by atoms with Gasteiger partial charge in [-0.25, -0.2) is 9.78 Å². The Bertz CT molecular complexity index is 841.